The molecule has 3 heterocycles. The maximum atomic E-state index is 12.6. The van der Waals surface area contributed by atoms with Crippen LogP contribution in [0.2, 0.25) is 0 Å². The molecule has 0 radical (unpaired) electrons. The lowest BCUT2D eigenvalue weighted by molar-refractivity contribution is 0.0781. The third-order valence-corrected chi connectivity index (χ3v) is 5.10. The molecule has 2 N–H and O–H groups in total. The monoisotopic (exact) mass is 393 g/mol. The summed E-state index contributed by atoms with van der Waals surface area (Å²) in [5.41, 5.74) is -0.170. The molecule has 0 aliphatic carbocycles. The van der Waals surface area contributed by atoms with E-state index in [4.69, 9.17) is 9.26 Å². The zero-order chi connectivity index (χ0) is 20.1. The third kappa shape index (κ3) is 5.37. The fraction of sp³-hybridized carbons (Fsp3) is 0.737. The first-order valence-corrected chi connectivity index (χ1v) is 9.99. The number of hydrogen-bond donors (Lipinski definition) is 2. The van der Waals surface area contributed by atoms with Gasteiger partial charge in [0, 0.05) is 56.9 Å². The van der Waals surface area contributed by atoms with Gasteiger partial charge in [0.15, 0.2) is 5.82 Å². The van der Waals surface area contributed by atoms with Crippen molar-refractivity contribution in [1.29, 1.82) is 0 Å². The van der Waals surface area contributed by atoms with Gasteiger partial charge in [0.05, 0.1) is 0 Å². The number of amides is 4. The smallest absolute Gasteiger partial charge is 0.323 e. The highest BCUT2D eigenvalue weighted by molar-refractivity contribution is 5.88. The van der Waals surface area contributed by atoms with Crippen LogP contribution >= 0.6 is 0 Å². The van der Waals surface area contributed by atoms with E-state index < -0.39 is 0 Å². The summed E-state index contributed by atoms with van der Waals surface area (Å²) in [5, 5.41) is 9.80. The Bertz CT molecular complexity index is 678. The fourth-order valence-electron chi connectivity index (χ4n) is 3.31. The second-order valence-electron chi connectivity index (χ2n) is 8.42. The zero-order valence-electron chi connectivity index (χ0n) is 17.0. The predicted octanol–water partition coefficient (Wildman–Crippen LogP) is 2.40. The van der Waals surface area contributed by atoms with Crippen LogP contribution in [0.5, 0.6) is 0 Å². The molecule has 28 heavy (non-hydrogen) atoms. The van der Waals surface area contributed by atoms with Gasteiger partial charge < -0.3 is 24.4 Å². The van der Waals surface area contributed by atoms with Gasteiger partial charge >= 0.3 is 12.1 Å². The number of anilines is 1. The van der Waals surface area contributed by atoms with Gasteiger partial charge in [-0.25, -0.2) is 9.59 Å². The molecule has 0 aromatic carbocycles. The van der Waals surface area contributed by atoms with Gasteiger partial charge in [-0.05, 0) is 19.3 Å². The maximum absolute atomic E-state index is 12.6. The lowest BCUT2D eigenvalue weighted by Crippen LogP contribution is -2.48. The molecule has 2 fully saturated rings. The van der Waals surface area contributed by atoms with Crippen LogP contribution in [0, 0.1) is 0 Å². The highest BCUT2D eigenvalue weighted by atomic mass is 16.5. The van der Waals surface area contributed by atoms with Crippen LogP contribution in [-0.2, 0) is 10.2 Å². The number of aromatic nitrogens is 1. The SMILES string of the molecule is CC(C)(C)c1cc(NC(=O)N2CCCN(C(=O)NC3CCOCC3)CC2)no1. The molecular weight excluding hydrogens is 362 g/mol. The Morgan fingerprint density at radius 2 is 1.71 bits per heavy atom. The Kier molecular flexibility index (Phi) is 6.43. The number of ether oxygens (including phenoxy) is 1. The summed E-state index contributed by atoms with van der Waals surface area (Å²) in [5.74, 6) is 1.13. The van der Waals surface area contributed by atoms with E-state index in [2.05, 4.69) is 15.8 Å². The van der Waals surface area contributed by atoms with E-state index in [9.17, 15) is 9.59 Å². The number of carbonyl (C=O) groups excluding carboxylic acids is 2. The number of carbonyl (C=O) groups is 2. The topological polar surface area (TPSA) is 99.9 Å². The second kappa shape index (κ2) is 8.81. The van der Waals surface area contributed by atoms with Crippen LogP contribution in [0.4, 0.5) is 15.4 Å². The minimum Gasteiger partial charge on any atom is -0.381 e. The van der Waals surface area contributed by atoms with Crippen LogP contribution in [0.3, 0.4) is 0 Å². The first kappa shape index (κ1) is 20.4. The molecule has 2 aliphatic rings. The quantitative estimate of drug-likeness (QED) is 0.804. The molecule has 0 saturated carbocycles. The van der Waals surface area contributed by atoms with E-state index in [0.29, 0.717) is 45.2 Å². The first-order valence-electron chi connectivity index (χ1n) is 9.99. The minimum atomic E-state index is -0.222. The molecule has 0 unspecified atom stereocenters. The molecule has 9 nitrogen and oxygen atoms in total. The average molecular weight is 393 g/mol. The van der Waals surface area contributed by atoms with E-state index in [1.807, 2.05) is 20.8 Å². The molecular formula is C19H31N5O4. The largest absolute Gasteiger partial charge is 0.381 e. The normalized spacial score (nSPS) is 19.2. The van der Waals surface area contributed by atoms with E-state index in [0.717, 1.165) is 25.0 Å². The molecule has 0 spiro atoms. The van der Waals surface area contributed by atoms with Crippen LogP contribution in [-0.4, -0.2) is 72.5 Å². The number of nitrogens with one attached hydrogen (secondary N) is 2. The van der Waals surface area contributed by atoms with Gasteiger partial charge in [0.1, 0.15) is 5.76 Å². The van der Waals surface area contributed by atoms with Gasteiger partial charge in [-0.2, -0.15) is 0 Å². The van der Waals surface area contributed by atoms with E-state index in [-0.39, 0.29) is 23.5 Å². The van der Waals surface area contributed by atoms with Crippen molar-refractivity contribution in [3.63, 3.8) is 0 Å². The molecule has 3 rings (SSSR count). The predicted molar refractivity (Wildman–Crippen MR) is 104 cm³/mol. The maximum Gasteiger partial charge on any atom is 0.323 e. The lowest BCUT2D eigenvalue weighted by Gasteiger charge is -2.27. The summed E-state index contributed by atoms with van der Waals surface area (Å²) in [6.45, 7) is 9.67. The molecule has 0 bridgehead atoms. The number of hydrogen-bond acceptors (Lipinski definition) is 5. The summed E-state index contributed by atoms with van der Waals surface area (Å²) in [6, 6.07) is 1.65. The second-order valence-corrected chi connectivity index (χ2v) is 8.42. The van der Waals surface area contributed by atoms with E-state index >= 15 is 0 Å². The van der Waals surface area contributed by atoms with Crippen molar-refractivity contribution in [2.45, 2.75) is 51.5 Å². The molecule has 0 atom stereocenters. The zero-order valence-corrected chi connectivity index (χ0v) is 17.0. The summed E-state index contributed by atoms with van der Waals surface area (Å²) < 4.78 is 10.6. The van der Waals surface area contributed by atoms with Crippen molar-refractivity contribution < 1.29 is 18.8 Å². The van der Waals surface area contributed by atoms with Crippen LogP contribution in [0.25, 0.3) is 0 Å². The summed E-state index contributed by atoms with van der Waals surface area (Å²) in [7, 11) is 0. The van der Waals surface area contributed by atoms with Crippen molar-refractivity contribution >= 4 is 17.9 Å². The van der Waals surface area contributed by atoms with Gasteiger partial charge in [0.25, 0.3) is 0 Å². The summed E-state index contributed by atoms with van der Waals surface area (Å²) in [6.07, 6.45) is 2.44. The Balaban J connectivity index is 1.49. The average Bonchev–Trinajstić information content (AvgIpc) is 2.98. The Labute approximate surface area is 165 Å². The molecule has 2 aliphatic heterocycles. The highest BCUT2D eigenvalue weighted by Crippen LogP contribution is 2.24. The summed E-state index contributed by atoms with van der Waals surface area (Å²) in [4.78, 5) is 28.6. The molecule has 4 amide bonds. The minimum absolute atomic E-state index is 0.0551. The van der Waals surface area contributed by atoms with E-state index in [1.165, 1.54) is 0 Å². The van der Waals surface area contributed by atoms with Crippen LogP contribution in [0.1, 0.15) is 45.8 Å². The number of rotatable bonds is 2. The first-order chi connectivity index (χ1) is 13.3. The van der Waals surface area contributed by atoms with Gasteiger partial charge in [-0.1, -0.05) is 25.9 Å². The molecule has 156 valence electrons. The standard InChI is InChI=1S/C19H31N5O4/c1-19(2,3)15-13-16(22-28-15)21-18(26)24-8-4-7-23(9-10-24)17(25)20-14-5-11-27-12-6-14/h13-14H,4-12H2,1-3H3,(H,20,25)(H,21,22,26). The molecule has 2 saturated heterocycles. The van der Waals surface area contributed by atoms with Crippen molar-refractivity contribution in [3.8, 4) is 0 Å². The number of urea groups is 2. The van der Waals surface area contributed by atoms with Gasteiger partial charge in [-0.3, -0.25) is 5.32 Å². The Hall–Kier alpha value is -2.29. The molecule has 9 heteroatoms. The Morgan fingerprint density at radius 3 is 2.32 bits per heavy atom. The third-order valence-electron chi connectivity index (χ3n) is 5.10. The molecule has 1 aromatic heterocycles. The van der Waals surface area contributed by atoms with Crippen LogP contribution in [0.15, 0.2) is 10.6 Å². The van der Waals surface area contributed by atoms with Crippen molar-refractivity contribution in [1.82, 2.24) is 20.3 Å². The highest BCUT2D eigenvalue weighted by Gasteiger charge is 2.25. The van der Waals surface area contributed by atoms with Crippen molar-refractivity contribution in [3.05, 3.63) is 11.8 Å². The van der Waals surface area contributed by atoms with Crippen molar-refractivity contribution in [2.75, 3.05) is 44.7 Å². The molecule has 1 aromatic rings. The Morgan fingerprint density at radius 1 is 1.07 bits per heavy atom. The lowest BCUT2D eigenvalue weighted by atomic mass is 9.93. The van der Waals surface area contributed by atoms with E-state index in [1.54, 1.807) is 15.9 Å². The number of nitrogens with zero attached hydrogens (tertiary/aromatic N) is 3. The van der Waals surface area contributed by atoms with Gasteiger partial charge in [0.2, 0.25) is 0 Å². The van der Waals surface area contributed by atoms with Crippen LogP contribution < -0.4 is 10.6 Å². The van der Waals surface area contributed by atoms with Gasteiger partial charge in [-0.15, -0.1) is 0 Å². The fourth-order valence-corrected chi connectivity index (χ4v) is 3.31. The van der Waals surface area contributed by atoms with Crippen molar-refractivity contribution in [2.24, 2.45) is 0 Å². The summed E-state index contributed by atoms with van der Waals surface area (Å²) >= 11 is 0.